The lowest BCUT2D eigenvalue weighted by molar-refractivity contribution is -0.127. The molecule has 32 heavy (non-hydrogen) atoms. The highest BCUT2D eigenvalue weighted by molar-refractivity contribution is 5.78. The molecule has 2 unspecified atom stereocenters. The van der Waals surface area contributed by atoms with Gasteiger partial charge >= 0.3 is 0 Å². The average Bonchev–Trinajstić information content (AvgIpc) is 3.28. The fraction of sp³-hybridized carbons (Fsp3) is 0.400. The molecule has 0 radical (unpaired) electrons. The molecule has 7 nitrogen and oxygen atoms in total. The van der Waals surface area contributed by atoms with Gasteiger partial charge < -0.3 is 14.8 Å². The minimum atomic E-state index is 0.0268. The van der Waals surface area contributed by atoms with Gasteiger partial charge in [0.1, 0.15) is 5.75 Å². The van der Waals surface area contributed by atoms with E-state index in [1.165, 1.54) is 0 Å². The van der Waals surface area contributed by atoms with Crippen LogP contribution in [-0.2, 0) is 16.1 Å². The maximum atomic E-state index is 12.7. The average molecular weight is 435 g/mol. The molecule has 0 aliphatic heterocycles. The molecular formula is C25H30N4O3. The zero-order chi connectivity index (χ0) is 22.3. The first-order valence-corrected chi connectivity index (χ1v) is 11.1. The number of rotatable bonds is 8. The Balaban J connectivity index is 1.48. The first-order chi connectivity index (χ1) is 15.7. The maximum Gasteiger partial charge on any atom is 0.223 e. The van der Waals surface area contributed by atoms with Crippen LogP contribution in [0.25, 0.3) is 22.5 Å². The summed E-state index contributed by atoms with van der Waals surface area (Å²) in [6, 6.07) is 13.8. The number of aromatic nitrogens is 3. The molecule has 4 rings (SSSR count). The van der Waals surface area contributed by atoms with Crippen LogP contribution in [0.4, 0.5) is 0 Å². The summed E-state index contributed by atoms with van der Waals surface area (Å²) in [5.74, 6) is 0.943. The van der Waals surface area contributed by atoms with Gasteiger partial charge in [-0.1, -0.05) is 6.42 Å². The fourth-order valence-electron chi connectivity index (χ4n) is 4.26. The molecule has 3 aromatic rings. The van der Waals surface area contributed by atoms with Crippen molar-refractivity contribution in [3.05, 3.63) is 54.9 Å². The number of carbonyl (C=O) groups excluding carboxylic acids is 1. The van der Waals surface area contributed by atoms with Gasteiger partial charge in [-0.15, -0.1) is 0 Å². The van der Waals surface area contributed by atoms with Crippen LogP contribution in [-0.4, -0.2) is 47.5 Å². The summed E-state index contributed by atoms with van der Waals surface area (Å²) in [7, 11) is 3.38. The first kappa shape index (κ1) is 22.0. The lowest BCUT2D eigenvalue weighted by atomic mass is 9.86. The molecule has 1 aliphatic rings. The third-order valence-electron chi connectivity index (χ3n) is 6.08. The number of ether oxygens (including phenoxy) is 2. The maximum absolute atomic E-state index is 12.7. The minimum absolute atomic E-state index is 0.0268. The number of carbonyl (C=O) groups is 1. The van der Waals surface area contributed by atoms with E-state index in [1.54, 1.807) is 20.4 Å². The van der Waals surface area contributed by atoms with E-state index in [0.717, 1.165) is 53.9 Å². The Hall–Kier alpha value is -3.19. The Morgan fingerprint density at radius 1 is 1.16 bits per heavy atom. The van der Waals surface area contributed by atoms with Gasteiger partial charge in [-0.3, -0.25) is 14.5 Å². The standard InChI is InChI=1S/C25H30N4O3/c1-31-21-10-8-18(9-11-21)23-16-24(20-6-4-12-26-17-20)29(28-23)14-13-27-25(30)19-5-3-7-22(15-19)32-2/h4,6,8-12,16-17,19,22H,3,5,7,13-15H2,1-2H3,(H,27,30). The summed E-state index contributed by atoms with van der Waals surface area (Å²) in [5, 5.41) is 7.92. The van der Waals surface area contributed by atoms with E-state index >= 15 is 0 Å². The number of methoxy groups -OCH3 is 2. The summed E-state index contributed by atoms with van der Waals surface area (Å²) < 4.78 is 12.7. The molecule has 1 saturated carbocycles. The molecule has 2 atom stereocenters. The summed E-state index contributed by atoms with van der Waals surface area (Å²) in [6.07, 6.45) is 7.57. The summed E-state index contributed by atoms with van der Waals surface area (Å²) >= 11 is 0. The van der Waals surface area contributed by atoms with Crippen molar-refractivity contribution in [3.8, 4) is 28.3 Å². The number of pyridine rings is 1. The van der Waals surface area contributed by atoms with E-state index in [9.17, 15) is 4.79 Å². The van der Waals surface area contributed by atoms with Gasteiger partial charge in [0.2, 0.25) is 5.91 Å². The Kier molecular flexibility index (Phi) is 7.17. The van der Waals surface area contributed by atoms with E-state index < -0.39 is 0 Å². The second kappa shape index (κ2) is 10.4. The topological polar surface area (TPSA) is 78.3 Å². The number of nitrogens with one attached hydrogen (secondary N) is 1. The van der Waals surface area contributed by atoms with Crippen molar-refractivity contribution >= 4 is 5.91 Å². The second-order valence-electron chi connectivity index (χ2n) is 8.12. The van der Waals surface area contributed by atoms with Crippen LogP contribution < -0.4 is 10.1 Å². The van der Waals surface area contributed by atoms with Crippen molar-refractivity contribution in [3.63, 3.8) is 0 Å². The molecule has 168 valence electrons. The van der Waals surface area contributed by atoms with Crippen LogP contribution in [0.2, 0.25) is 0 Å². The van der Waals surface area contributed by atoms with E-state index in [-0.39, 0.29) is 17.9 Å². The highest BCUT2D eigenvalue weighted by atomic mass is 16.5. The molecule has 2 heterocycles. The van der Waals surface area contributed by atoms with Crippen LogP contribution in [0.15, 0.2) is 54.9 Å². The highest BCUT2D eigenvalue weighted by Gasteiger charge is 2.27. The van der Waals surface area contributed by atoms with Crippen molar-refractivity contribution < 1.29 is 14.3 Å². The van der Waals surface area contributed by atoms with Crippen LogP contribution in [0, 0.1) is 5.92 Å². The molecule has 1 aliphatic carbocycles. The molecule has 1 fully saturated rings. The smallest absolute Gasteiger partial charge is 0.223 e. The lowest BCUT2D eigenvalue weighted by Crippen LogP contribution is -2.37. The van der Waals surface area contributed by atoms with Crippen molar-refractivity contribution in [1.82, 2.24) is 20.1 Å². The molecule has 0 bridgehead atoms. The summed E-state index contributed by atoms with van der Waals surface area (Å²) in [4.78, 5) is 16.9. The number of benzene rings is 1. The van der Waals surface area contributed by atoms with E-state index in [1.807, 2.05) is 47.3 Å². The Labute approximate surface area is 188 Å². The zero-order valence-electron chi connectivity index (χ0n) is 18.7. The normalized spacial score (nSPS) is 18.3. The predicted octanol–water partition coefficient (Wildman–Crippen LogP) is 3.94. The van der Waals surface area contributed by atoms with Crippen molar-refractivity contribution in [2.45, 2.75) is 38.3 Å². The van der Waals surface area contributed by atoms with E-state index in [4.69, 9.17) is 14.6 Å². The molecular weight excluding hydrogens is 404 g/mol. The minimum Gasteiger partial charge on any atom is -0.497 e. The van der Waals surface area contributed by atoms with Crippen LogP contribution in [0.1, 0.15) is 25.7 Å². The van der Waals surface area contributed by atoms with Gasteiger partial charge in [0.15, 0.2) is 0 Å². The zero-order valence-corrected chi connectivity index (χ0v) is 18.7. The quantitative estimate of drug-likeness (QED) is 0.581. The van der Waals surface area contributed by atoms with Crippen LogP contribution in [0.3, 0.4) is 0 Å². The number of amides is 1. The SMILES string of the molecule is COc1ccc(-c2cc(-c3cccnc3)n(CCNC(=O)C3CCCC(OC)C3)n2)cc1. The first-order valence-electron chi connectivity index (χ1n) is 11.1. The van der Waals surface area contributed by atoms with E-state index in [0.29, 0.717) is 13.1 Å². The predicted molar refractivity (Wildman–Crippen MR) is 123 cm³/mol. The molecule has 0 spiro atoms. The highest BCUT2D eigenvalue weighted by Crippen LogP contribution is 2.28. The van der Waals surface area contributed by atoms with Crippen molar-refractivity contribution in [2.75, 3.05) is 20.8 Å². The molecule has 1 aromatic carbocycles. The molecule has 1 N–H and O–H groups in total. The fourth-order valence-corrected chi connectivity index (χ4v) is 4.26. The monoisotopic (exact) mass is 434 g/mol. The number of hydrogen-bond donors (Lipinski definition) is 1. The van der Waals surface area contributed by atoms with Gasteiger partial charge in [-0.2, -0.15) is 5.10 Å². The third kappa shape index (κ3) is 5.16. The van der Waals surface area contributed by atoms with E-state index in [2.05, 4.69) is 16.4 Å². The van der Waals surface area contributed by atoms with Gasteiger partial charge in [-0.05, 0) is 61.7 Å². The molecule has 1 amide bonds. The molecule has 2 aromatic heterocycles. The summed E-state index contributed by atoms with van der Waals surface area (Å²) in [5.41, 5.74) is 3.83. The van der Waals surface area contributed by atoms with Gasteiger partial charge in [0.25, 0.3) is 0 Å². The Bertz CT molecular complexity index is 1020. The molecule has 7 heteroatoms. The van der Waals surface area contributed by atoms with Crippen LogP contribution >= 0.6 is 0 Å². The van der Waals surface area contributed by atoms with Gasteiger partial charge in [0, 0.05) is 43.1 Å². The van der Waals surface area contributed by atoms with Gasteiger partial charge in [0.05, 0.1) is 31.1 Å². The number of hydrogen-bond acceptors (Lipinski definition) is 5. The third-order valence-corrected chi connectivity index (χ3v) is 6.08. The van der Waals surface area contributed by atoms with Crippen molar-refractivity contribution in [1.29, 1.82) is 0 Å². The van der Waals surface area contributed by atoms with Crippen LogP contribution in [0.5, 0.6) is 5.75 Å². The Morgan fingerprint density at radius 2 is 2.00 bits per heavy atom. The largest absolute Gasteiger partial charge is 0.497 e. The Morgan fingerprint density at radius 3 is 2.72 bits per heavy atom. The van der Waals surface area contributed by atoms with Crippen molar-refractivity contribution in [2.24, 2.45) is 5.92 Å². The molecule has 0 saturated heterocycles. The summed E-state index contributed by atoms with van der Waals surface area (Å²) in [6.45, 7) is 1.09. The second-order valence-corrected chi connectivity index (χ2v) is 8.12. The lowest BCUT2D eigenvalue weighted by Gasteiger charge is -2.27. The van der Waals surface area contributed by atoms with Gasteiger partial charge in [-0.25, -0.2) is 0 Å². The number of nitrogens with zero attached hydrogens (tertiary/aromatic N) is 3.